The number of carbonyl (C=O) groups is 1. The van der Waals surface area contributed by atoms with Crippen LogP contribution in [0, 0.1) is 11.8 Å². The molecule has 0 heterocycles. The fourth-order valence-electron chi connectivity index (χ4n) is 3.17. The van der Waals surface area contributed by atoms with Gasteiger partial charge in [-0.1, -0.05) is 6.92 Å². The molecule has 0 spiro atoms. The predicted molar refractivity (Wildman–Crippen MR) is 76.1 cm³/mol. The van der Waals surface area contributed by atoms with Crippen molar-refractivity contribution in [2.75, 3.05) is 6.61 Å². The van der Waals surface area contributed by atoms with E-state index in [1.807, 2.05) is 6.92 Å². The third-order valence-electron chi connectivity index (χ3n) is 4.59. The van der Waals surface area contributed by atoms with Gasteiger partial charge >= 0.3 is 5.97 Å². The highest BCUT2D eigenvalue weighted by atomic mass is 16.6. The van der Waals surface area contributed by atoms with Crippen molar-refractivity contribution in [1.82, 2.24) is 5.48 Å². The van der Waals surface area contributed by atoms with Crippen molar-refractivity contribution in [2.45, 2.75) is 57.7 Å². The average Bonchev–Trinajstić information content (AvgIpc) is 2.67. The van der Waals surface area contributed by atoms with Crippen LogP contribution in [-0.4, -0.2) is 40.1 Å². The number of carboxylic acids is 1. The lowest BCUT2D eigenvalue weighted by Gasteiger charge is -2.30. The summed E-state index contributed by atoms with van der Waals surface area (Å²) in [5.41, 5.74) is 5.01. The molecule has 1 saturated carbocycles. The first kappa shape index (κ1) is 16.3. The summed E-state index contributed by atoms with van der Waals surface area (Å²) in [4.78, 5) is 15.5. The molecule has 0 bridgehead atoms. The van der Waals surface area contributed by atoms with E-state index in [4.69, 9.17) is 9.94 Å². The molecule has 2 rings (SSSR count). The lowest BCUT2D eigenvalue weighted by Crippen LogP contribution is -2.32. The van der Waals surface area contributed by atoms with Gasteiger partial charge in [0.15, 0.2) is 0 Å². The molecule has 2 aliphatic rings. The van der Waals surface area contributed by atoms with E-state index in [0.29, 0.717) is 0 Å². The first-order valence-electron chi connectivity index (χ1n) is 7.70. The Morgan fingerprint density at radius 2 is 2.24 bits per heavy atom. The van der Waals surface area contributed by atoms with Crippen molar-refractivity contribution in [2.24, 2.45) is 11.8 Å². The average molecular weight is 299 g/mol. The summed E-state index contributed by atoms with van der Waals surface area (Å²) < 4.78 is 0. The number of hydroxylamine groups is 1. The molecular weight excluding hydrogens is 274 g/mol. The zero-order valence-corrected chi connectivity index (χ0v) is 12.4. The quantitative estimate of drug-likeness (QED) is 0.377. The highest BCUT2D eigenvalue weighted by Gasteiger charge is 2.45. The van der Waals surface area contributed by atoms with Crippen LogP contribution in [0.25, 0.3) is 0 Å². The SMILES string of the molecule is CCC(O)CCC1CC2=C(NOCCC(=O)O)CC2C1O. The van der Waals surface area contributed by atoms with Gasteiger partial charge in [-0.2, -0.15) is 0 Å². The molecule has 4 atom stereocenters. The van der Waals surface area contributed by atoms with Gasteiger partial charge in [0.25, 0.3) is 0 Å². The summed E-state index contributed by atoms with van der Waals surface area (Å²) in [6.07, 6.45) is 3.29. The molecule has 21 heavy (non-hydrogen) atoms. The minimum Gasteiger partial charge on any atom is -0.481 e. The normalized spacial score (nSPS) is 29.0. The van der Waals surface area contributed by atoms with Crippen molar-refractivity contribution in [3.63, 3.8) is 0 Å². The number of hydrogen-bond donors (Lipinski definition) is 4. The Morgan fingerprint density at radius 1 is 1.48 bits per heavy atom. The molecule has 0 saturated heterocycles. The van der Waals surface area contributed by atoms with Crippen LogP contribution < -0.4 is 5.48 Å². The van der Waals surface area contributed by atoms with E-state index >= 15 is 0 Å². The monoisotopic (exact) mass is 299 g/mol. The van der Waals surface area contributed by atoms with E-state index in [9.17, 15) is 15.0 Å². The zero-order valence-electron chi connectivity index (χ0n) is 12.4. The van der Waals surface area contributed by atoms with Crippen LogP contribution in [0.15, 0.2) is 11.3 Å². The maximum Gasteiger partial charge on any atom is 0.305 e. The summed E-state index contributed by atoms with van der Waals surface area (Å²) in [6, 6.07) is 0. The van der Waals surface area contributed by atoms with Gasteiger partial charge in [-0.15, -0.1) is 0 Å². The second-order valence-corrected chi connectivity index (χ2v) is 6.00. The summed E-state index contributed by atoms with van der Waals surface area (Å²) in [5, 5.41) is 28.4. The number of nitrogens with one attached hydrogen (secondary N) is 1. The highest BCUT2D eigenvalue weighted by Crippen LogP contribution is 2.49. The van der Waals surface area contributed by atoms with E-state index in [1.165, 1.54) is 5.57 Å². The molecule has 4 N–H and O–H groups in total. The van der Waals surface area contributed by atoms with Crippen LogP contribution in [0.2, 0.25) is 0 Å². The molecular formula is C15H25NO5. The van der Waals surface area contributed by atoms with Crippen molar-refractivity contribution < 1.29 is 25.0 Å². The van der Waals surface area contributed by atoms with E-state index in [0.717, 1.165) is 37.8 Å². The van der Waals surface area contributed by atoms with Gasteiger partial charge < -0.3 is 15.3 Å². The lowest BCUT2D eigenvalue weighted by atomic mass is 9.83. The number of rotatable bonds is 9. The number of aliphatic hydroxyl groups is 2. The summed E-state index contributed by atoms with van der Waals surface area (Å²) in [6.45, 7) is 2.09. The van der Waals surface area contributed by atoms with Crippen LogP contribution >= 0.6 is 0 Å². The third kappa shape index (κ3) is 3.96. The zero-order chi connectivity index (χ0) is 15.4. The summed E-state index contributed by atoms with van der Waals surface area (Å²) in [5.74, 6) is -0.462. The van der Waals surface area contributed by atoms with Crippen molar-refractivity contribution in [3.05, 3.63) is 11.3 Å². The first-order valence-corrected chi connectivity index (χ1v) is 7.70. The van der Waals surface area contributed by atoms with Crippen LogP contribution in [0.1, 0.15) is 45.4 Å². The summed E-state index contributed by atoms with van der Waals surface area (Å²) >= 11 is 0. The Bertz CT molecular complexity index is 409. The van der Waals surface area contributed by atoms with Crippen molar-refractivity contribution in [1.29, 1.82) is 0 Å². The second-order valence-electron chi connectivity index (χ2n) is 6.00. The van der Waals surface area contributed by atoms with Crippen LogP contribution in [0.5, 0.6) is 0 Å². The van der Waals surface area contributed by atoms with E-state index < -0.39 is 5.97 Å². The maximum absolute atomic E-state index is 10.4. The van der Waals surface area contributed by atoms with E-state index in [1.54, 1.807) is 0 Å². The minimum absolute atomic E-state index is 0.0286. The molecule has 0 aliphatic heterocycles. The molecule has 4 unspecified atom stereocenters. The molecule has 0 aromatic heterocycles. The largest absolute Gasteiger partial charge is 0.481 e. The highest BCUT2D eigenvalue weighted by molar-refractivity contribution is 5.66. The van der Waals surface area contributed by atoms with Gasteiger partial charge in [0, 0.05) is 11.6 Å². The molecule has 1 fully saturated rings. The molecule has 0 aromatic rings. The molecule has 6 heteroatoms. The Kier molecular flexibility index (Phi) is 5.61. The Hall–Kier alpha value is -1.11. The second kappa shape index (κ2) is 7.24. The minimum atomic E-state index is -0.883. The van der Waals surface area contributed by atoms with Gasteiger partial charge in [-0.25, -0.2) is 0 Å². The standard InChI is InChI=1S/C15H25NO5/c1-2-10(17)4-3-9-7-11-12(15(9)20)8-13(11)16-21-6-5-14(18)19/h9-10,12,15-17,20H,2-8H2,1H3,(H,18,19). The van der Waals surface area contributed by atoms with E-state index in [2.05, 4.69) is 5.48 Å². The van der Waals surface area contributed by atoms with Gasteiger partial charge in [0.2, 0.25) is 0 Å². The molecule has 120 valence electrons. The van der Waals surface area contributed by atoms with Crippen LogP contribution in [-0.2, 0) is 9.63 Å². The fraction of sp³-hybridized carbons (Fsp3) is 0.800. The number of aliphatic carboxylic acids is 1. The van der Waals surface area contributed by atoms with Gasteiger partial charge in [0.05, 0.1) is 25.2 Å². The Labute approximate surface area is 124 Å². The third-order valence-corrected chi connectivity index (χ3v) is 4.59. The van der Waals surface area contributed by atoms with Gasteiger partial charge in [-0.3, -0.25) is 15.1 Å². The lowest BCUT2D eigenvalue weighted by molar-refractivity contribution is -0.138. The van der Waals surface area contributed by atoms with Crippen molar-refractivity contribution in [3.8, 4) is 0 Å². The number of aliphatic hydroxyl groups excluding tert-OH is 2. The van der Waals surface area contributed by atoms with Crippen LogP contribution in [0.3, 0.4) is 0 Å². The number of allylic oxidation sites excluding steroid dienone is 1. The Morgan fingerprint density at radius 3 is 2.90 bits per heavy atom. The predicted octanol–water partition coefficient (Wildman–Crippen LogP) is 1.19. The topological polar surface area (TPSA) is 99.0 Å². The van der Waals surface area contributed by atoms with Gasteiger partial charge in [-0.05, 0) is 43.6 Å². The van der Waals surface area contributed by atoms with Crippen molar-refractivity contribution >= 4 is 5.97 Å². The number of hydrogen-bond acceptors (Lipinski definition) is 5. The van der Waals surface area contributed by atoms with Crippen LogP contribution in [0.4, 0.5) is 0 Å². The maximum atomic E-state index is 10.4. The number of fused-ring (bicyclic) bond motifs is 1. The van der Waals surface area contributed by atoms with Gasteiger partial charge in [0.1, 0.15) is 0 Å². The first-order chi connectivity index (χ1) is 10.0. The smallest absolute Gasteiger partial charge is 0.305 e. The van der Waals surface area contributed by atoms with E-state index in [-0.39, 0.29) is 37.1 Å². The molecule has 0 aromatic carbocycles. The fourth-order valence-corrected chi connectivity index (χ4v) is 3.17. The molecule has 0 radical (unpaired) electrons. The Balaban J connectivity index is 1.76. The molecule has 6 nitrogen and oxygen atoms in total. The summed E-state index contributed by atoms with van der Waals surface area (Å²) in [7, 11) is 0. The number of carboxylic acid groups (broad SMARTS) is 1. The molecule has 2 aliphatic carbocycles. The molecule has 0 amide bonds.